The Kier molecular flexibility index (Phi) is 2.99. The lowest BCUT2D eigenvalue weighted by Crippen LogP contribution is -1.95. The SMILES string of the molecule is ClCCCn1cc(Cl)c2ccccc21. The van der Waals surface area contributed by atoms with Gasteiger partial charge in [0.2, 0.25) is 0 Å². The summed E-state index contributed by atoms with van der Waals surface area (Å²) in [6.45, 7) is 0.927. The van der Waals surface area contributed by atoms with Crippen LogP contribution in [0.4, 0.5) is 0 Å². The predicted octanol–water partition coefficient (Wildman–Crippen LogP) is 3.92. The van der Waals surface area contributed by atoms with Crippen LogP contribution in [0.15, 0.2) is 30.5 Å². The molecule has 14 heavy (non-hydrogen) atoms. The maximum atomic E-state index is 6.10. The highest BCUT2D eigenvalue weighted by atomic mass is 35.5. The first-order valence-corrected chi connectivity index (χ1v) is 5.53. The minimum atomic E-state index is 0.685. The van der Waals surface area contributed by atoms with E-state index in [2.05, 4.69) is 10.6 Å². The van der Waals surface area contributed by atoms with Gasteiger partial charge in [0.05, 0.1) is 5.02 Å². The van der Waals surface area contributed by atoms with Crippen molar-refractivity contribution in [3.63, 3.8) is 0 Å². The summed E-state index contributed by atoms with van der Waals surface area (Å²) in [5.41, 5.74) is 1.18. The van der Waals surface area contributed by atoms with Gasteiger partial charge in [0.15, 0.2) is 0 Å². The zero-order valence-electron chi connectivity index (χ0n) is 7.71. The largest absolute Gasteiger partial charge is 0.346 e. The number of aromatic nitrogens is 1. The molecule has 74 valence electrons. The van der Waals surface area contributed by atoms with Gasteiger partial charge in [-0.15, -0.1) is 11.6 Å². The second-order valence-electron chi connectivity index (χ2n) is 3.23. The lowest BCUT2D eigenvalue weighted by molar-refractivity contribution is 0.707. The molecule has 0 aliphatic rings. The minimum Gasteiger partial charge on any atom is -0.346 e. The number of alkyl halides is 1. The Labute approximate surface area is 93.2 Å². The molecule has 0 aliphatic carbocycles. The van der Waals surface area contributed by atoms with Gasteiger partial charge in [0.25, 0.3) is 0 Å². The smallest absolute Gasteiger partial charge is 0.0661 e. The highest BCUT2D eigenvalue weighted by Gasteiger charge is 2.04. The molecule has 2 rings (SSSR count). The van der Waals surface area contributed by atoms with Crippen LogP contribution in [0.2, 0.25) is 5.02 Å². The number of aryl methyl sites for hydroxylation is 1. The number of fused-ring (bicyclic) bond motifs is 1. The van der Waals surface area contributed by atoms with Gasteiger partial charge in [-0.2, -0.15) is 0 Å². The average Bonchev–Trinajstić information content (AvgIpc) is 2.54. The maximum absolute atomic E-state index is 6.10. The van der Waals surface area contributed by atoms with E-state index >= 15 is 0 Å². The third-order valence-corrected chi connectivity index (χ3v) is 2.84. The fourth-order valence-electron chi connectivity index (χ4n) is 1.62. The van der Waals surface area contributed by atoms with Gasteiger partial charge in [0.1, 0.15) is 0 Å². The van der Waals surface area contributed by atoms with Crippen LogP contribution in [0, 0.1) is 0 Å². The standard InChI is InChI=1S/C11H11Cl2N/c12-6-3-7-14-8-10(13)9-4-1-2-5-11(9)14/h1-2,4-5,8H,3,6-7H2. The van der Waals surface area contributed by atoms with Crippen molar-refractivity contribution in [2.45, 2.75) is 13.0 Å². The molecule has 1 aromatic carbocycles. The zero-order valence-corrected chi connectivity index (χ0v) is 9.22. The lowest BCUT2D eigenvalue weighted by Gasteiger charge is -2.02. The monoisotopic (exact) mass is 227 g/mol. The number of rotatable bonds is 3. The second kappa shape index (κ2) is 4.24. The molecule has 0 amide bonds. The van der Waals surface area contributed by atoms with Crippen molar-refractivity contribution in [3.8, 4) is 0 Å². The molecule has 1 aromatic heterocycles. The summed E-state index contributed by atoms with van der Waals surface area (Å²) in [6, 6.07) is 8.14. The highest BCUT2D eigenvalue weighted by molar-refractivity contribution is 6.35. The summed E-state index contributed by atoms with van der Waals surface area (Å²) in [5, 5.41) is 1.93. The number of benzene rings is 1. The van der Waals surface area contributed by atoms with Crippen molar-refractivity contribution < 1.29 is 0 Å². The first kappa shape index (κ1) is 9.88. The summed E-state index contributed by atoms with van der Waals surface area (Å²) in [4.78, 5) is 0. The molecule has 0 saturated carbocycles. The number of para-hydroxylation sites is 1. The molecular formula is C11H11Cl2N. The topological polar surface area (TPSA) is 4.93 Å². The summed E-state index contributed by atoms with van der Waals surface area (Å²) < 4.78 is 2.15. The molecule has 0 N–H and O–H groups in total. The van der Waals surface area contributed by atoms with Gasteiger partial charge in [-0.25, -0.2) is 0 Å². The molecule has 0 fully saturated rings. The fraction of sp³-hybridized carbons (Fsp3) is 0.273. The normalized spacial score (nSPS) is 11.0. The number of halogens is 2. The molecule has 2 aromatic rings. The van der Waals surface area contributed by atoms with E-state index in [0.717, 1.165) is 23.4 Å². The Morgan fingerprint density at radius 3 is 2.79 bits per heavy atom. The lowest BCUT2D eigenvalue weighted by atomic mass is 10.2. The van der Waals surface area contributed by atoms with Crippen molar-refractivity contribution >= 4 is 34.1 Å². The third kappa shape index (κ3) is 1.75. The molecular weight excluding hydrogens is 217 g/mol. The van der Waals surface area contributed by atoms with Crippen molar-refractivity contribution in [1.82, 2.24) is 4.57 Å². The molecule has 1 nitrogen and oxygen atoms in total. The van der Waals surface area contributed by atoms with E-state index in [1.807, 2.05) is 24.4 Å². The first-order chi connectivity index (χ1) is 6.83. The van der Waals surface area contributed by atoms with Gasteiger partial charge in [0, 0.05) is 29.5 Å². The maximum Gasteiger partial charge on any atom is 0.0661 e. The zero-order chi connectivity index (χ0) is 9.97. The Bertz CT molecular complexity index is 434. The van der Waals surface area contributed by atoms with Crippen LogP contribution in [-0.4, -0.2) is 10.4 Å². The van der Waals surface area contributed by atoms with Crippen molar-refractivity contribution in [2.24, 2.45) is 0 Å². The van der Waals surface area contributed by atoms with E-state index in [4.69, 9.17) is 23.2 Å². The Hall–Kier alpha value is -0.660. The van der Waals surface area contributed by atoms with Crippen LogP contribution >= 0.6 is 23.2 Å². The van der Waals surface area contributed by atoms with E-state index in [1.54, 1.807) is 0 Å². The van der Waals surface area contributed by atoms with E-state index in [1.165, 1.54) is 5.52 Å². The number of hydrogen-bond donors (Lipinski definition) is 0. The van der Waals surface area contributed by atoms with Gasteiger partial charge >= 0.3 is 0 Å². The van der Waals surface area contributed by atoms with Gasteiger partial charge in [-0.05, 0) is 12.5 Å². The molecule has 0 unspecified atom stereocenters. The molecule has 3 heteroatoms. The van der Waals surface area contributed by atoms with E-state index in [0.29, 0.717) is 5.88 Å². The van der Waals surface area contributed by atoms with E-state index < -0.39 is 0 Å². The van der Waals surface area contributed by atoms with Crippen LogP contribution in [0.1, 0.15) is 6.42 Å². The third-order valence-electron chi connectivity index (χ3n) is 2.27. The van der Waals surface area contributed by atoms with Crippen LogP contribution in [-0.2, 0) is 6.54 Å². The predicted molar refractivity (Wildman–Crippen MR) is 62.3 cm³/mol. The average molecular weight is 228 g/mol. The first-order valence-electron chi connectivity index (χ1n) is 4.62. The highest BCUT2D eigenvalue weighted by Crippen LogP contribution is 2.25. The molecule has 0 aliphatic heterocycles. The molecule has 0 bridgehead atoms. The molecule has 0 saturated heterocycles. The Morgan fingerprint density at radius 1 is 1.21 bits per heavy atom. The van der Waals surface area contributed by atoms with Gasteiger partial charge < -0.3 is 4.57 Å². The Morgan fingerprint density at radius 2 is 2.00 bits per heavy atom. The van der Waals surface area contributed by atoms with Gasteiger partial charge in [-0.3, -0.25) is 0 Å². The molecule has 1 heterocycles. The van der Waals surface area contributed by atoms with Crippen molar-refractivity contribution in [2.75, 3.05) is 5.88 Å². The van der Waals surface area contributed by atoms with Crippen molar-refractivity contribution in [3.05, 3.63) is 35.5 Å². The molecule has 0 radical (unpaired) electrons. The quantitative estimate of drug-likeness (QED) is 0.701. The minimum absolute atomic E-state index is 0.685. The number of nitrogens with zero attached hydrogens (tertiary/aromatic N) is 1. The second-order valence-corrected chi connectivity index (χ2v) is 4.02. The summed E-state index contributed by atoms with van der Waals surface area (Å²) in [5.74, 6) is 0.685. The molecule has 0 spiro atoms. The van der Waals surface area contributed by atoms with Crippen LogP contribution < -0.4 is 0 Å². The fourth-order valence-corrected chi connectivity index (χ4v) is 2.01. The summed E-state index contributed by atoms with van der Waals surface area (Å²) in [6.07, 6.45) is 2.94. The van der Waals surface area contributed by atoms with E-state index in [9.17, 15) is 0 Å². The van der Waals surface area contributed by atoms with Crippen molar-refractivity contribution in [1.29, 1.82) is 0 Å². The van der Waals surface area contributed by atoms with Crippen LogP contribution in [0.25, 0.3) is 10.9 Å². The summed E-state index contributed by atoms with van der Waals surface area (Å²) >= 11 is 11.8. The van der Waals surface area contributed by atoms with E-state index in [-0.39, 0.29) is 0 Å². The molecule has 0 atom stereocenters. The number of hydrogen-bond acceptors (Lipinski definition) is 0. The van der Waals surface area contributed by atoms with Gasteiger partial charge in [-0.1, -0.05) is 29.8 Å². The Balaban J connectivity index is 2.44. The summed E-state index contributed by atoms with van der Waals surface area (Å²) in [7, 11) is 0. The van der Waals surface area contributed by atoms with Crippen LogP contribution in [0.5, 0.6) is 0 Å². The van der Waals surface area contributed by atoms with Crippen LogP contribution in [0.3, 0.4) is 0 Å².